The van der Waals surface area contributed by atoms with Gasteiger partial charge in [-0.3, -0.25) is 9.59 Å². The van der Waals surface area contributed by atoms with Gasteiger partial charge in [0.1, 0.15) is 12.2 Å². The monoisotopic (exact) mass is 541 g/mol. The summed E-state index contributed by atoms with van der Waals surface area (Å²) in [5, 5.41) is 16.4. The summed E-state index contributed by atoms with van der Waals surface area (Å²) in [4.78, 5) is 37.9. The standard InChI is InChI=1S/C26H28ClN5O4S/c1-15-3-2-4-16(9-15)20(14-33)30-23(34)13-32-12-22-18(25(32)35)10-21(37-22)24-19(27)11-28-26(31-24)29-17-5-7-36-8-6-17/h2-4,9-11,17,20,33H,5-8,12-14H2,1H3,(H,30,34)(H,28,29,31)/t20-/m1/s1. The van der Waals surface area contributed by atoms with Crippen LogP contribution in [0.25, 0.3) is 10.6 Å². The van der Waals surface area contributed by atoms with Crippen LogP contribution >= 0.6 is 22.9 Å². The second-order valence-corrected chi connectivity index (χ2v) is 10.8. The molecule has 2 amide bonds. The zero-order chi connectivity index (χ0) is 25.9. The molecule has 0 unspecified atom stereocenters. The summed E-state index contributed by atoms with van der Waals surface area (Å²) >= 11 is 7.86. The van der Waals surface area contributed by atoms with Crippen LogP contribution in [-0.4, -0.2) is 64.2 Å². The first kappa shape index (κ1) is 25.6. The molecule has 9 nitrogen and oxygen atoms in total. The Balaban J connectivity index is 1.24. The van der Waals surface area contributed by atoms with Crippen LogP contribution in [0.2, 0.25) is 5.02 Å². The molecule has 11 heteroatoms. The molecule has 4 heterocycles. The highest BCUT2D eigenvalue weighted by molar-refractivity contribution is 7.16. The third-order valence-electron chi connectivity index (χ3n) is 6.49. The number of benzene rings is 1. The van der Waals surface area contributed by atoms with Crippen molar-refractivity contribution < 1.29 is 19.4 Å². The van der Waals surface area contributed by atoms with E-state index in [0.717, 1.165) is 33.7 Å². The molecule has 2 aliphatic heterocycles. The Morgan fingerprint density at radius 1 is 1.32 bits per heavy atom. The van der Waals surface area contributed by atoms with Crippen molar-refractivity contribution in [2.45, 2.75) is 38.4 Å². The number of amides is 2. The minimum Gasteiger partial charge on any atom is -0.394 e. The summed E-state index contributed by atoms with van der Waals surface area (Å²) in [5.74, 6) is -0.0435. The number of fused-ring (bicyclic) bond motifs is 1. The first-order chi connectivity index (χ1) is 17.9. The number of nitrogens with zero attached hydrogens (tertiary/aromatic N) is 3. The van der Waals surface area contributed by atoms with Gasteiger partial charge in [-0.15, -0.1) is 11.3 Å². The van der Waals surface area contributed by atoms with Gasteiger partial charge in [-0.05, 0) is 31.4 Å². The van der Waals surface area contributed by atoms with Gasteiger partial charge in [0.15, 0.2) is 0 Å². The van der Waals surface area contributed by atoms with Gasteiger partial charge < -0.3 is 25.4 Å². The van der Waals surface area contributed by atoms with E-state index in [0.29, 0.717) is 42.0 Å². The Bertz CT molecular complexity index is 1310. The summed E-state index contributed by atoms with van der Waals surface area (Å²) in [6.45, 7) is 3.37. The highest BCUT2D eigenvalue weighted by Gasteiger charge is 2.32. The van der Waals surface area contributed by atoms with Gasteiger partial charge in [0.05, 0.1) is 40.9 Å². The van der Waals surface area contributed by atoms with Gasteiger partial charge in [-0.25, -0.2) is 9.97 Å². The third-order valence-corrected chi connectivity index (χ3v) is 7.89. The zero-order valence-corrected chi connectivity index (χ0v) is 21.9. The summed E-state index contributed by atoms with van der Waals surface area (Å²) in [6.07, 6.45) is 3.34. The third kappa shape index (κ3) is 5.77. The molecular formula is C26H28ClN5O4S. The molecule has 1 aromatic carbocycles. The SMILES string of the molecule is Cc1cccc([C@@H](CO)NC(=O)CN2Cc3sc(-c4nc(NC5CCOCC5)ncc4Cl)cc3C2=O)c1. The molecule has 37 heavy (non-hydrogen) atoms. The predicted octanol–water partition coefficient (Wildman–Crippen LogP) is 3.56. The summed E-state index contributed by atoms with van der Waals surface area (Å²) in [6, 6.07) is 9.11. The number of hydrogen-bond acceptors (Lipinski definition) is 8. The van der Waals surface area contributed by atoms with Gasteiger partial charge in [0, 0.05) is 24.1 Å². The van der Waals surface area contributed by atoms with Crippen LogP contribution in [-0.2, 0) is 16.1 Å². The molecule has 0 saturated carbocycles. The van der Waals surface area contributed by atoms with Crippen LogP contribution in [0.5, 0.6) is 0 Å². The lowest BCUT2D eigenvalue weighted by Crippen LogP contribution is -2.40. The van der Waals surface area contributed by atoms with Crippen molar-refractivity contribution in [1.82, 2.24) is 20.2 Å². The Kier molecular flexibility index (Phi) is 7.71. The molecule has 0 bridgehead atoms. The van der Waals surface area contributed by atoms with Crippen molar-refractivity contribution in [2.75, 3.05) is 31.7 Å². The molecule has 1 fully saturated rings. The minimum absolute atomic E-state index is 0.0919. The smallest absolute Gasteiger partial charge is 0.255 e. The lowest BCUT2D eigenvalue weighted by molar-refractivity contribution is -0.122. The van der Waals surface area contributed by atoms with Crippen molar-refractivity contribution in [3.63, 3.8) is 0 Å². The maximum Gasteiger partial charge on any atom is 0.255 e. The van der Waals surface area contributed by atoms with Crippen LogP contribution in [0.1, 0.15) is 45.2 Å². The topological polar surface area (TPSA) is 117 Å². The molecule has 3 N–H and O–H groups in total. The summed E-state index contributed by atoms with van der Waals surface area (Å²) < 4.78 is 5.40. The number of aryl methyl sites for hydroxylation is 1. The van der Waals surface area contributed by atoms with E-state index in [-0.39, 0.29) is 31.0 Å². The molecule has 0 spiro atoms. The molecule has 2 aromatic heterocycles. The van der Waals surface area contributed by atoms with Crippen molar-refractivity contribution in [2.24, 2.45) is 0 Å². The molecule has 5 rings (SSSR count). The average molecular weight is 542 g/mol. The maximum absolute atomic E-state index is 13.1. The maximum atomic E-state index is 13.1. The van der Waals surface area contributed by atoms with Gasteiger partial charge in [-0.1, -0.05) is 41.4 Å². The van der Waals surface area contributed by atoms with E-state index in [9.17, 15) is 14.7 Å². The number of carbonyl (C=O) groups is 2. The number of carbonyl (C=O) groups excluding carboxylic acids is 2. The molecule has 1 saturated heterocycles. The van der Waals surface area contributed by atoms with Crippen molar-refractivity contribution in [3.8, 4) is 10.6 Å². The van der Waals surface area contributed by atoms with Gasteiger partial charge in [-0.2, -0.15) is 0 Å². The second-order valence-electron chi connectivity index (χ2n) is 9.25. The fourth-order valence-corrected chi connectivity index (χ4v) is 5.98. The number of hydrogen-bond donors (Lipinski definition) is 3. The van der Waals surface area contributed by atoms with Crippen LogP contribution in [0.4, 0.5) is 5.95 Å². The van der Waals surface area contributed by atoms with E-state index in [4.69, 9.17) is 16.3 Å². The van der Waals surface area contributed by atoms with Crippen LogP contribution in [0.15, 0.2) is 36.5 Å². The van der Waals surface area contributed by atoms with E-state index in [1.165, 1.54) is 16.2 Å². The van der Waals surface area contributed by atoms with Gasteiger partial charge in [0.25, 0.3) is 5.91 Å². The van der Waals surface area contributed by atoms with Crippen LogP contribution in [0, 0.1) is 6.92 Å². The molecule has 0 aliphatic carbocycles. The average Bonchev–Trinajstić information content (AvgIpc) is 3.43. The highest BCUT2D eigenvalue weighted by atomic mass is 35.5. The van der Waals surface area contributed by atoms with E-state index in [1.807, 2.05) is 31.2 Å². The number of nitrogens with one attached hydrogen (secondary N) is 2. The normalized spacial score (nSPS) is 16.5. The quantitative estimate of drug-likeness (QED) is 0.399. The zero-order valence-electron chi connectivity index (χ0n) is 20.4. The van der Waals surface area contributed by atoms with Gasteiger partial charge >= 0.3 is 0 Å². The van der Waals surface area contributed by atoms with Crippen molar-refractivity contribution in [1.29, 1.82) is 0 Å². The van der Waals surface area contributed by atoms with Gasteiger partial charge in [0.2, 0.25) is 11.9 Å². The Hall–Kier alpha value is -3.05. The largest absolute Gasteiger partial charge is 0.394 e. The van der Waals surface area contributed by atoms with E-state index in [2.05, 4.69) is 20.6 Å². The number of aliphatic hydroxyl groups excluding tert-OH is 1. The lowest BCUT2D eigenvalue weighted by Gasteiger charge is -2.23. The molecular weight excluding hydrogens is 514 g/mol. The number of halogens is 1. The molecule has 1 atom stereocenters. The van der Waals surface area contributed by atoms with Crippen LogP contribution < -0.4 is 10.6 Å². The summed E-state index contributed by atoms with van der Waals surface area (Å²) in [5.41, 5.74) is 2.99. The summed E-state index contributed by atoms with van der Waals surface area (Å²) in [7, 11) is 0. The lowest BCUT2D eigenvalue weighted by atomic mass is 10.1. The number of ether oxygens (including phenoxy) is 1. The minimum atomic E-state index is -0.533. The van der Waals surface area contributed by atoms with Crippen LogP contribution in [0.3, 0.4) is 0 Å². The second kappa shape index (κ2) is 11.1. The first-order valence-electron chi connectivity index (χ1n) is 12.2. The molecule has 3 aromatic rings. The first-order valence-corrected chi connectivity index (χ1v) is 13.4. The number of anilines is 1. The molecule has 194 valence electrons. The number of rotatable bonds is 8. The number of aliphatic hydroxyl groups is 1. The number of aromatic nitrogens is 2. The Morgan fingerprint density at radius 2 is 2.14 bits per heavy atom. The Morgan fingerprint density at radius 3 is 2.86 bits per heavy atom. The van der Waals surface area contributed by atoms with E-state index < -0.39 is 6.04 Å². The predicted molar refractivity (Wildman–Crippen MR) is 142 cm³/mol. The number of thiophene rings is 1. The van der Waals surface area contributed by atoms with E-state index >= 15 is 0 Å². The highest BCUT2D eigenvalue weighted by Crippen LogP contribution is 2.38. The fraction of sp³-hybridized carbons (Fsp3) is 0.385. The van der Waals surface area contributed by atoms with Crippen molar-refractivity contribution in [3.05, 3.63) is 63.1 Å². The van der Waals surface area contributed by atoms with Crippen molar-refractivity contribution >= 4 is 40.7 Å². The van der Waals surface area contributed by atoms with E-state index in [1.54, 1.807) is 12.3 Å². The Labute approximate surface area is 223 Å². The molecule has 2 aliphatic rings. The fourth-order valence-electron chi connectivity index (χ4n) is 4.56. The molecule has 0 radical (unpaired) electrons.